The zero-order valence-electron chi connectivity index (χ0n) is 13.1. The van der Waals surface area contributed by atoms with Crippen molar-refractivity contribution in [3.63, 3.8) is 0 Å². The molecule has 0 bridgehead atoms. The summed E-state index contributed by atoms with van der Waals surface area (Å²) in [6.07, 6.45) is 4.22. The van der Waals surface area contributed by atoms with Crippen LogP contribution in [0.2, 0.25) is 0 Å². The van der Waals surface area contributed by atoms with Crippen LogP contribution in [0.15, 0.2) is 48.8 Å². The monoisotopic (exact) mass is 319 g/mol. The molecule has 1 fully saturated rings. The van der Waals surface area contributed by atoms with E-state index in [0.717, 1.165) is 35.2 Å². The smallest absolute Gasteiger partial charge is 0.222 e. The van der Waals surface area contributed by atoms with Gasteiger partial charge in [-0.1, -0.05) is 12.1 Å². The van der Waals surface area contributed by atoms with Crippen molar-refractivity contribution in [2.24, 2.45) is 11.7 Å². The number of aromatic nitrogens is 3. The molecule has 120 valence electrons. The predicted molar refractivity (Wildman–Crippen MR) is 92.3 cm³/mol. The first-order valence-corrected chi connectivity index (χ1v) is 7.94. The van der Waals surface area contributed by atoms with Gasteiger partial charge in [-0.2, -0.15) is 0 Å². The van der Waals surface area contributed by atoms with Crippen LogP contribution in [-0.2, 0) is 4.79 Å². The number of nitrogens with zero attached hydrogens (tertiary/aromatic N) is 4. The van der Waals surface area contributed by atoms with E-state index in [1.165, 1.54) is 0 Å². The molecule has 0 aliphatic carbocycles. The molecule has 3 heterocycles. The quantitative estimate of drug-likeness (QED) is 0.798. The van der Waals surface area contributed by atoms with E-state index in [1.807, 2.05) is 36.4 Å². The fourth-order valence-corrected chi connectivity index (χ4v) is 3.12. The summed E-state index contributed by atoms with van der Waals surface area (Å²) in [7, 11) is 0. The third-order valence-electron chi connectivity index (χ3n) is 4.41. The van der Waals surface area contributed by atoms with Gasteiger partial charge in [0.15, 0.2) is 5.82 Å². The minimum Gasteiger partial charge on any atom is -0.369 e. The Bertz CT molecular complexity index is 896. The Labute approximate surface area is 139 Å². The fourth-order valence-electron chi connectivity index (χ4n) is 3.12. The molecular weight excluding hydrogens is 302 g/mol. The maximum absolute atomic E-state index is 11.5. The van der Waals surface area contributed by atoms with E-state index >= 15 is 0 Å². The molecule has 6 nitrogen and oxygen atoms in total. The van der Waals surface area contributed by atoms with Crippen LogP contribution < -0.4 is 10.6 Å². The van der Waals surface area contributed by atoms with Gasteiger partial charge in [0.05, 0.1) is 11.4 Å². The molecule has 6 heteroatoms. The number of para-hydroxylation sites is 1. The number of fused-ring (bicyclic) bond motifs is 1. The van der Waals surface area contributed by atoms with Crippen LogP contribution in [0, 0.1) is 5.92 Å². The van der Waals surface area contributed by atoms with Gasteiger partial charge in [-0.15, -0.1) is 0 Å². The van der Waals surface area contributed by atoms with Gasteiger partial charge in [0.1, 0.15) is 5.82 Å². The van der Waals surface area contributed by atoms with E-state index in [0.29, 0.717) is 12.4 Å². The summed E-state index contributed by atoms with van der Waals surface area (Å²) >= 11 is 0. The summed E-state index contributed by atoms with van der Waals surface area (Å²) in [5.74, 6) is 1.15. The second kappa shape index (κ2) is 5.88. The zero-order chi connectivity index (χ0) is 16.5. The van der Waals surface area contributed by atoms with E-state index in [2.05, 4.69) is 14.9 Å². The molecule has 0 saturated carbocycles. The average Bonchev–Trinajstić information content (AvgIpc) is 3.12. The van der Waals surface area contributed by atoms with Crippen LogP contribution in [-0.4, -0.2) is 33.9 Å². The number of anilines is 1. The van der Waals surface area contributed by atoms with Crippen molar-refractivity contribution in [2.45, 2.75) is 6.42 Å². The third-order valence-corrected chi connectivity index (χ3v) is 4.41. The van der Waals surface area contributed by atoms with Crippen molar-refractivity contribution in [2.75, 3.05) is 18.0 Å². The first kappa shape index (κ1) is 14.6. The van der Waals surface area contributed by atoms with Gasteiger partial charge in [0.2, 0.25) is 5.91 Å². The van der Waals surface area contributed by atoms with Crippen molar-refractivity contribution >= 4 is 22.6 Å². The van der Waals surface area contributed by atoms with Crippen LogP contribution in [0.5, 0.6) is 0 Å². The molecule has 1 amide bonds. The molecule has 1 aliphatic heterocycles. The lowest BCUT2D eigenvalue weighted by atomic mass is 10.1. The molecule has 2 N–H and O–H groups in total. The molecule has 1 aliphatic rings. The molecule has 1 atom stereocenters. The Hall–Kier alpha value is -3.02. The van der Waals surface area contributed by atoms with Gasteiger partial charge in [-0.05, 0) is 30.7 Å². The lowest BCUT2D eigenvalue weighted by molar-refractivity contribution is -0.121. The molecule has 1 aromatic carbocycles. The van der Waals surface area contributed by atoms with Crippen LogP contribution in [0.25, 0.3) is 22.3 Å². The molecule has 2 aromatic heterocycles. The molecular formula is C18H17N5O. The van der Waals surface area contributed by atoms with Gasteiger partial charge >= 0.3 is 0 Å². The predicted octanol–water partition coefficient (Wildman–Crippen LogP) is 2.00. The average molecular weight is 319 g/mol. The van der Waals surface area contributed by atoms with E-state index in [9.17, 15) is 4.79 Å². The molecule has 0 spiro atoms. The van der Waals surface area contributed by atoms with E-state index in [1.54, 1.807) is 12.4 Å². The molecule has 4 rings (SSSR count). The summed E-state index contributed by atoms with van der Waals surface area (Å²) in [4.78, 5) is 27.1. The Balaban J connectivity index is 1.83. The maximum atomic E-state index is 11.5. The number of amides is 1. The Morgan fingerprint density at radius 2 is 1.92 bits per heavy atom. The van der Waals surface area contributed by atoms with Crippen molar-refractivity contribution < 1.29 is 4.79 Å². The SMILES string of the molecule is NC(=O)C1CCN(c2nc(-c3ccncc3)nc3ccccc23)C1. The first-order valence-electron chi connectivity index (χ1n) is 7.94. The Morgan fingerprint density at radius 1 is 1.12 bits per heavy atom. The number of pyridine rings is 1. The minimum absolute atomic E-state index is 0.122. The Kier molecular flexibility index (Phi) is 3.57. The fraction of sp³-hybridized carbons (Fsp3) is 0.222. The maximum Gasteiger partial charge on any atom is 0.222 e. The normalized spacial score (nSPS) is 17.3. The van der Waals surface area contributed by atoms with Crippen LogP contribution in [0.4, 0.5) is 5.82 Å². The number of hydrogen-bond acceptors (Lipinski definition) is 5. The number of carbonyl (C=O) groups is 1. The molecule has 0 radical (unpaired) electrons. The summed E-state index contributed by atoms with van der Waals surface area (Å²) in [5.41, 5.74) is 7.27. The molecule has 1 unspecified atom stereocenters. The second-order valence-corrected chi connectivity index (χ2v) is 5.96. The summed E-state index contributed by atoms with van der Waals surface area (Å²) in [6, 6.07) is 11.7. The number of nitrogens with two attached hydrogens (primary N) is 1. The number of primary amides is 1. The highest BCUT2D eigenvalue weighted by atomic mass is 16.1. The highest BCUT2D eigenvalue weighted by Crippen LogP contribution is 2.30. The third kappa shape index (κ3) is 2.56. The minimum atomic E-state index is -0.245. The van der Waals surface area contributed by atoms with E-state index in [-0.39, 0.29) is 11.8 Å². The molecule has 3 aromatic rings. The standard InChI is InChI=1S/C18H17N5O/c19-16(24)13-7-10-23(11-13)18-14-3-1-2-4-15(14)21-17(22-18)12-5-8-20-9-6-12/h1-6,8-9,13H,7,10-11H2,(H2,19,24). The number of benzene rings is 1. The van der Waals surface area contributed by atoms with Crippen molar-refractivity contribution in [1.82, 2.24) is 15.0 Å². The van der Waals surface area contributed by atoms with Gasteiger partial charge in [0, 0.05) is 36.4 Å². The largest absolute Gasteiger partial charge is 0.369 e. The Morgan fingerprint density at radius 3 is 2.67 bits per heavy atom. The summed E-state index contributed by atoms with van der Waals surface area (Å²) in [6.45, 7) is 1.37. The first-order chi connectivity index (χ1) is 11.7. The number of hydrogen-bond donors (Lipinski definition) is 1. The number of carbonyl (C=O) groups excluding carboxylic acids is 1. The molecule has 1 saturated heterocycles. The van der Waals surface area contributed by atoms with Crippen molar-refractivity contribution in [1.29, 1.82) is 0 Å². The summed E-state index contributed by atoms with van der Waals surface area (Å²) < 4.78 is 0. The second-order valence-electron chi connectivity index (χ2n) is 5.96. The lowest BCUT2D eigenvalue weighted by Crippen LogP contribution is -2.28. The van der Waals surface area contributed by atoms with Crippen LogP contribution in [0.1, 0.15) is 6.42 Å². The van der Waals surface area contributed by atoms with E-state index in [4.69, 9.17) is 10.7 Å². The van der Waals surface area contributed by atoms with Gasteiger partial charge < -0.3 is 10.6 Å². The van der Waals surface area contributed by atoms with Crippen molar-refractivity contribution in [3.05, 3.63) is 48.8 Å². The number of rotatable bonds is 3. The highest BCUT2D eigenvalue weighted by Gasteiger charge is 2.28. The van der Waals surface area contributed by atoms with Gasteiger partial charge in [0.25, 0.3) is 0 Å². The van der Waals surface area contributed by atoms with E-state index < -0.39 is 0 Å². The molecule has 24 heavy (non-hydrogen) atoms. The van der Waals surface area contributed by atoms with Gasteiger partial charge in [-0.25, -0.2) is 9.97 Å². The highest BCUT2D eigenvalue weighted by molar-refractivity contribution is 5.91. The summed E-state index contributed by atoms with van der Waals surface area (Å²) in [5, 5.41) is 0.987. The van der Waals surface area contributed by atoms with Crippen molar-refractivity contribution in [3.8, 4) is 11.4 Å². The topological polar surface area (TPSA) is 85.0 Å². The zero-order valence-corrected chi connectivity index (χ0v) is 13.1. The van der Waals surface area contributed by atoms with Crippen LogP contribution >= 0.6 is 0 Å². The lowest BCUT2D eigenvalue weighted by Gasteiger charge is -2.20. The van der Waals surface area contributed by atoms with Gasteiger partial charge in [-0.3, -0.25) is 9.78 Å². The van der Waals surface area contributed by atoms with Crippen LogP contribution in [0.3, 0.4) is 0 Å².